The minimum absolute atomic E-state index is 0.192. The Hall–Kier alpha value is -3.02. The number of methoxy groups -OCH3 is 2. The van der Waals surface area contributed by atoms with Gasteiger partial charge in [0.2, 0.25) is 0 Å². The number of anilines is 1. The maximum Gasteiger partial charge on any atom is 0.262 e. The van der Waals surface area contributed by atoms with Crippen LogP contribution in [-0.2, 0) is 4.79 Å². The summed E-state index contributed by atoms with van der Waals surface area (Å²) >= 11 is 0. The normalized spacial score (nSPS) is 11.8. The Kier molecular flexibility index (Phi) is 6.83. The van der Waals surface area contributed by atoms with Gasteiger partial charge >= 0.3 is 0 Å². The number of nitrogens with one attached hydrogen (secondary N) is 2. The summed E-state index contributed by atoms with van der Waals surface area (Å²) in [5.41, 5.74) is 4.25. The molecule has 0 spiro atoms. The Morgan fingerprint density at radius 1 is 1.12 bits per heavy atom. The first-order chi connectivity index (χ1) is 12.2. The second-order valence-corrected chi connectivity index (χ2v) is 5.32. The number of carbonyl (C=O) groups excluding carboxylic acids is 1. The first kappa shape index (κ1) is 18.3. The van der Waals surface area contributed by atoms with E-state index in [2.05, 4.69) is 15.8 Å². The molecule has 0 bridgehead atoms. The highest BCUT2D eigenvalue weighted by Gasteiger charge is 2.15. The summed E-state index contributed by atoms with van der Waals surface area (Å²) in [6.07, 6.45) is 2.21. The Balaban J connectivity index is 1.96. The Bertz CT molecular complexity index is 717. The minimum Gasteiger partial charge on any atom is -0.493 e. The van der Waals surface area contributed by atoms with Crippen molar-refractivity contribution in [2.45, 2.75) is 19.4 Å². The largest absolute Gasteiger partial charge is 0.493 e. The van der Waals surface area contributed by atoms with Crippen molar-refractivity contribution in [3.63, 3.8) is 0 Å². The molecule has 0 saturated carbocycles. The maximum atomic E-state index is 12.3. The summed E-state index contributed by atoms with van der Waals surface area (Å²) in [5.74, 6) is 1.06. The summed E-state index contributed by atoms with van der Waals surface area (Å²) in [6.45, 7) is 1.94. The van der Waals surface area contributed by atoms with Gasteiger partial charge in [0.15, 0.2) is 11.5 Å². The van der Waals surface area contributed by atoms with E-state index in [4.69, 9.17) is 9.47 Å². The molecule has 1 atom stereocenters. The molecular weight excluding hydrogens is 318 g/mol. The molecule has 2 aromatic rings. The van der Waals surface area contributed by atoms with Gasteiger partial charge in [-0.15, -0.1) is 0 Å². The Morgan fingerprint density at radius 3 is 2.48 bits per heavy atom. The molecule has 6 nitrogen and oxygen atoms in total. The fourth-order valence-electron chi connectivity index (χ4n) is 2.27. The summed E-state index contributed by atoms with van der Waals surface area (Å²) in [6, 6.07) is 14.7. The van der Waals surface area contributed by atoms with Gasteiger partial charge in [0.05, 0.1) is 20.4 Å². The van der Waals surface area contributed by atoms with Crippen molar-refractivity contribution in [3.8, 4) is 11.5 Å². The first-order valence-corrected chi connectivity index (χ1v) is 8.04. The van der Waals surface area contributed by atoms with Crippen molar-refractivity contribution in [2.75, 3.05) is 19.5 Å². The highest BCUT2D eigenvalue weighted by Crippen LogP contribution is 2.26. The summed E-state index contributed by atoms with van der Waals surface area (Å²) in [7, 11) is 3.15. The number of hydrogen-bond acceptors (Lipinski definition) is 5. The Labute approximate surface area is 147 Å². The van der Waals surface area contributed by atoms with E-state index in [0.717, 1.165) is 11.3 Å². The fraction of sp³-hybridized carbons (Fsp3) is 0.263. The van der Waals surface area contributed by atoms with E-state index in [1.807, 2.05) is 43.3 Å². The molecule has 132 valence electrons. The predicted molar refractivity (Wildman–Crippen MR) is 99.4 cm³/mol. The van der Waals surface area contributed by atoms with Crippen LogP contribution in [0.5, 0.6) is 11.5 Å². The second kappa shape index (κ2) is 9.32. The summed E-state index contributed by atoms with van der Waals surface area (Å²) < 4.78 is 10.4. The van der Waals surface area contributed by atoms with E-state index in [9.17, 15) is 4.79 Å². The van der Waals surface area contributed by atoms with Gasteiger partial charge < -0.3 is 14.8 Å². The van der Waals surface area contributed by atoms with Crippen LogP contribution in [0.25, 0.3) is 0 Å². The molecule has 1 amide bonds. The van der Waals surface area contributed by atoms with Crippen LogP contribution in [0.3, 0.4) is 0 Å². The molecule has 0 saturated heterocycles. The van der Waals surface area contributed by atoms with Crippen LogP contribution in [0.2, 0.25) is 0 Å². The topological polar surface area (TPSA) is 72.0 Å². The smallest absolute Gasteiger partial charge is 0.262 e. The summed E-state index contributed by atoms with van der Waals surface area (Å²) in [5, 5.41) is 7.21. The lowest BCUT2D eigenvalue weighted by atomic mass is 10.2. The lowest BCUT2D eigenvalue weighted by molar-refractivity contribution is -0.121. The third-order valence-corrected chi connectivity index (χ3v) is 3.64. The lowest BCUT2D eigenvalue weighted by Crippen LogP contribution is -2.36. The van der Waals surface area contributed by atoms with Gasteiger partial charge in [0, 0.05) is 5.69 Å². The van der Waals surface area contributed by atoms with E-state index < -0.39 is 0 Å². The van der Waals surface area contributed by atoms with E-state index in [1.54, 1.807) is 32.6 Å². The molecule has 0 aliphatic heterocycles. The zero-order valence-electron chi connectivity index (χ0n) is 14.7. The molecule has 2 rings (SSSR count). The van der Waals surface area contributed by atoms with E-state index >= 15 is 0 Å². The minimum atomic E-state index is -0.357. The quantitative estimate of drug-likeness (QED) is 0.572. The number of rotatable bonds is 8. The number of hydrazone groups is 1. The molecule has 0 aliphatic rings. The molecule has 1 unspecified atom stereocenters. The van der Waals surface area contributed by atoms with Crippen LogP contribution in [0.4, 0.5) is 5.69 Å². The highest BCUT2D eigenvalue weighted by atomic mass is 16.5. The number of amides is 1. The van der Waals surface area contributed by atoms with Gasteiger partial charge in [-0.2, -0.15) is 5.10 Å². The fourth-order valence-corrected chi connectivity index (χ4v) is 2.27. The van der Waals surface area contributed by atoms with Crippen molar-refractivity contribution in [1.29, 1.82) is 0 Å². The van der Waals surface area contributed by atoms with Gasteiger partial charge in [-0.05, 0) is 42.3 Å². The average Bonchev–Trinajstić information content (AvgIpc) is 2.66. The number of ether oxygens (including phenoxy) is 2. The number of benzene rings is 2. The third kappa shape index (κ3) is 5.24. The summed E-state index contributed by atoms with van der Waals surface area (Å²) in [4.78, 5) is 12.3. The molecule has 0 radical (unpaired) electrons. The van der Waals surface area contributed by atoms with Crippen LogP contribution < -0.4 is 20.2 Å². The van der Waals surface area contributed by atoms with Gasteiger partial charge in [-0.1, -0.05) is 25.1 Å². The van der Waals surface area contributed by atoms with Gasteiger partial charge in [-0.25, -0.2) is 5.43 Å². The monoisotopic (exact) mass is 341 g/mol. The zero-order chi connectivity index (χ0) is 18.1. The molecule has 0 fully saturated rings. The molecule has 0 aromatic heterocycles. The predicted octanol–water partition coefficient (Wildman–Crippen LogP) is 3.04. The van der Waals surface area contributed by atoms with Crippen LogP contribution in [0.1, 0.15) is 18.9 Å². The maximum absolute atomic E-state index is 12.3. The lowest BCUT2D eigenvalue weighted by Gasteiger charge is -2.16. The van der Waals surface area contributed by atoms with Crippen molar-refractivity contribution in [1.82, 2.24) is 5.43 Å². The van der Waals surface area contributed by atoms with Crippen molar-refractivity contribution < 1.29 is 14.3 Å². The molecule has 2 aromatic carbocycles. The van der Waals surface area contributed by atoms with Crippen molar-refractivity contribution >= 4 is 17.8 Å². The standard InChI is InChI=1S/C19H23N3O3/c1-4-16(21-15-8-6-5-7-9-15)19(23)22-20-13-14-10-11-17(24-2)18(12-14)25-3/h5-13,16,21H,4H2,1-3H3,(H,22,23)/b20-13+. The van der Waals surface area contributed by atoms with Crippen molar-refractivity contribution in [3.05, 3.63) is 54.1 Å². The molecule has 0 heterocycles. The molecule has 25 heavy (non-hydrogen) atoms. The van der Waals surface area contributed by atoms with Crippen LogP contribution >= 0.6 is 0 Å². The van der Waals surface area contributed by atoms with Gasteiger partial charge in [0.1, 0.15) is 6.04 Å². The third-order valence-electron chi connectivity index (χ3n) is 3.64. The number of hydrogen-bond donors (Lipinski definition) is 2. The van der Waals surface area contributed by atoms with Crippen LogP contribution in [-0.4, -0.2) is 32.4 Å². The van der Waals surface area contributed by atoms with Gasteiger partial charge in [-0.3, -0.25) is 4.79 Å². The molecule has 0 aliphatic carbocycles. The molecule has 6 heteroatoms. The first-order valence-electron chi connectivity index (χ1n) is 8.04. The average molecular weight is 341 g/mol. The van der Waals surface area contributed by atoms with E-state index in [0.29, 0.717) is 17.9 Å². The molecule has 2 N–H and O–H groups in total. The zero-order valence-corrected chi connectivity index (χ0v) is 14.7. The number of para-hydroxylation sites is 1. The molecular formula is C19H23N3O3. The van der Waals surface area contributed by atoms with E-state index in [-0.39, 0.29) is 11.9 Å². The SMILES string of the molecule is CCC(Nc1ccccc1)C(=O)N/N=C/c1ccc(OC)c(OC)c1. The van der Waals surface area contributed by atoms with Crippen LogP contribution in [0, 0.1) is 0 Å². The van der Waals surface area contributed by atoms with E-state index in [1.165, 1.54) is 0 Å². The number of nitrogens with zero attached hydrogens (tertiary/aromatic N) is 1. The van der Waals surface area contributed by atoms with Crippen LogP contribution in [0.15, 0.2) is 53.6 Å². The van der Waals surface area contributed by atoms with Gasteiger partial charge in [0.25, 0.3) is 5.91 Å². The highest BCUT2D eigenvalue weighted by molar-refractivity contribution is 5.87. The Morgan fingerprint density at radius 2 is 1.84 bits per heavy atom. The second-order valence-electron chi connectivity index (χ2n) is 5.32. The number of carbonyl (C=O) groups is 1. The van der Waals surface area contributed by atoms with Crippen molar-refractivity contribution in [2.24, 2.45) is 5.10 Å².